The maximum atomic E-state index is 12.7. The normalized spacial score (nSPS) is 11.5. The molecule has 0 fully saturated rings. The van der Waals surface area contributed by atoms with Gasteiger partial charge in [0.1, 0.15) is 17.1 Å². The maximum absolute atomic E-state index is 12.7. The summed E-state index contributed by atoms with van der Waals surface area (Å²) in [6.07, 6.45) is 4.12. The molecule has 0 aliphatic heterocycles. The van der Waals surface area contributed by atoms with Crippen LogP contribution in [0.3, 0.4) is 0 Å². The average molecular weight is 456 g/mol. The van der Waals surface area contributed by atoms with E-state index in [0.717, 1.165) is 56.5 Å². The van der Waals surface area contributed by atoms with Crippen LogP contribution in [-0.2, 0) is 11.2 Å². The lowest BCUT2D eigenvalue weighted by molar-refractivity contribution is -0.116. The zero-order chi connectivity index (χ0) is 24.1. The fraction of sp³-hybridized carbons (Fsp3) is 0.207. The van der Waals surface area contributed by atoms with Crippen LogP contribution in [0.25, 0.3) is 27.7 Å². The number of rotatable bonds is 8. The summed E-state index contributed by atoms with van der Waals surface area (Å²) >= 11 is 0. The molecule has 34 heavy (non-hydrogen) atoms. The number of nitrogens with one attached hydrogen (secondary N) is 1. The number of carbonyl (C=O) groups excluding carboxylic acids is 1. The number of allylic oxidation sites excluding steroid dienone is 1. The first kappa shape index (κ1) is 23.2. The lowest BCUT2D eigenvalue weighted by Gasteiger charge is -2.13. The highest BCUT2D eigenvalue weighted by atomic mass is 16.5. The molecule has 1 N–H and O–H groups in total. The highest BCUT2D eigenvalue weighted by Gasteiger charge is 2.18. The predicted octanol–water partition coefficient (Wildman–Crippen LogP) is 6.19. The Morgan fingerprint density at radius 3 is 2.56 bits per heavy atom. The second-order valence-electron chi connectivity index (χ2n) is 8.19. The first-order chi connectivity index (χ1) is 16.5. The monoisotopic (exact) mass is 455 g/mol. The number of furan rings is 1. The van der Waals surface area contributed by atoms with E-state index in [2.05, 4.69) is 17.4 Å². The predicted molar refractivity (Wildman–Crippen MR) is 136 cm³/mol. The minimum Gasteiger partial charge on any atom is -0.497 e. The molecule has 0 aliphatic carbocycles. The summed E-state index contributed by atoms with van der Waals surface area (Å²) in [5, 5.41) is 3.97. The van der Waals surface area contributed by atoms with Gasteiger partial charge in [-0.3, -0.25) is 4.79 Å². The van der Waals surface area contributed by atoms with Gasteiger partial charge >= 0.3 is 0 Å². The number of benzene rings is 3. The van der Waals surface area contributed by atoms with Crippen LogP contribution in [0, 0.1) is 6.92 Å². The van der Waals surface area contributed by atoms with E-state index >= 15 is 0 Å². The first-order valence-corrected chi connectivity index (χ1v) is 11.3. The summed E-state index contributed by atoms with van der Waals surface area (Å²) in [7, 11) is 3.29. The average Bonchev–Trinajstić information content (AvgIpc) is 3.29. The zero-order valence-corrected chi connectivity index (χ0v) is 20.0. The van der Waals surface area contributed by atoms with E-state index in [-0.39, 0.29) is 5.91 Å². The van der Waals surface area contributed by atoms with Crippen molar-refractivity contribution in [3.63, 3.8) is 0 Å². The summed E-state index contributed by atoms with van der Waals surface area (Å²) in [5.41, 5.74) is 6.58. The Morgan fingerprint density at radius 2 is 1.82 bits per heavy atom. The Bertz CT molecular complexity index is 1340. The molecule has 1 amide bonds. The summed E-state index contributed by atoms with van der Waals surface area (Å²) in [4.78, 5) is 12.7. The largest absolute Gasteiger partial charge is 0.497 e. The van der Waals surface area contributed by atoms with Gasteiger partial charge in [0.25, 0.3) is 0 Å². The Hall–Kier alpha value is -3.99. The Balaban J connectivity index is 1.58. The van der Waals surface area contributed by atoms with Crippen molar-refractivity contribution >= 4 is 22.4 Å². The standard InChI is InChI=1S/C29H29NO4/c1-19(15-27(31)30-14-13-21-9-8-12-23(16-21)32-3)24-17-25-26(22-10-6-5-7-11-22)18-34-29(25)20(2)28(24)33-4/h5-12,15-18H,13-14H2,1-4H3,(H,30,31)/b19-15+. The summed E-state index contributed by atoms with van der Waals surface area (Å²) < 4.78 is 16.9. The fourth-order valence-corrected chi connectivity index (χ4v) is 4.20. The van der Waals surface area contributed by atoms with Crippen molar-refractivity contribution in [2.24, 2.45) is 0 Å². The highest BCUT2D eigenvalue weighted by molar-refractivity contribution is 6.01. The molecule has 5 nitrogen and oxygen atoms in total. The Labute approximate surface area is 200 Å². The second-order valence-corrected chi connectivity index (χ2v) is 8.19. The number of hydrogen-bond acceptors (Lipinski definition) is 4. The van der Waals surface area contributed by atoms with Crippen LogP contribution in [-0.4, -0.2) is 26.7 Å². The van der Waals surface area contributed by atoms with E-state index in [1.165, 1.54) is 0 Å². The van der Waals surface area contributed by atoms with Gasteiger partial charge in [0, 0.05) is 34.7 Å². The number of carbonyl (C=O) groups is 1. The molecule has 0 saturated heterocycles. The first-order valence-electron chi connectivity index (χ1n) is 11.3. The van der Waals surface area contributed by atoms with Crippen molar-refractivity contribution in [1.29, 1.82) is 0 Å². The van der Waals surface area contributed by atoms with E-state index in [4.69, 9.17) is 13.9 Å². The molecule has 1 heterocycles. The van der Waals surface area contributed by atoms with Gasteiger partial charge < -0.3 is 19.2 Å². The smallest absolute Gasteiger partial charge is 0.244 e. The van der Waals surface area contributed by atoms with Crippen LogP contribution >= 0.6 is 0 Å². The lowest BCUT2D eigenvalue weighted by atomic mass is 9.96. The van der Waals surface area contributed by atoms with E-state index in [9.17, 15) is 4.79 Å². The molecule has 0 unspecified atom stereocenters. The van der Waals surface area contributed by atoms with E-state index in [0.29, 0.717) is 12.3 Å². The van der Waals surface area contributed by atoms with Crippen molar-refractivity contribution < 1.29 is 18.7 Å². The fourth-order valence-electron chi connectivity index (χ4n) is 4.20. The van der Waals surface area contributed by atoms with Crippen LogP contribution in [0.5, 0.6) is 11.5 Å². The molecule has 174 valence electrons. The number of amides is 1. The molecule has 4 rings (SSSR count). The molecule has 1 aromatic heterocycles. The minimum absolute atomic E-state index is 0.143. The third-order valence-corrected chi connectivity index (χ3v) is 5.95. The van der Waals surface area contributed by atoms with Gasteiger partial charge in [0.2, 0.25) is 5.91 Å². The number of aryl methyl sites for hydroxylation is 1. The van der Waals surface area contributed by atoms with Crippen molar-refractivity contribution in [3.05, 3.63) is 89.7 Å². The van der Waals surface area contributed by atoms with Gasteiger partial charge in [0.05, 0.1) is 20.5 Å². The van der Waals surface area contributed by atoms with E-state index in [1.807, 2.05) is 62.4 Å². The second kappa shape index (κ2) is 10.3. The third kappa shape index (κ3) is 4.84. The maximum Gasteiger partial charge on any atom is 0.244 e. The van der Waals surface area contributed by atoms with Crippen molar-refractivity contribution in [2.75, 3.05) is 20.8 Å². The SMILES string of the molecule is COc1cccc(CCNC(=O)/C=C(\C)c2cc3c(-c4ccccc4)coc3c(C)c2OC)c1. The number of methoxy groups -OCH3 is 2. The summed E-state index contributed by atoms with van der Waals surface area (Å²) in [6.45, 7) is 4.43. The van der Waals surface area contributed by atoms with Crippen molar-refractivity contribution in [2.45, 2.75) is 20.3 Å². The van der Waals surface area contributed by atoms with E-state index in [1.54, 1.807) is 26.6 Å². The third-order valence-electron chi connectivity index (χ3n) is 5.95. The van der Waals surface area contributed by atoms with Crippen LogP contribution in [0.15, 0.2) is 77.4 Å². The summed E-state index contributed by atoms with van der Waals surface area (Å²) in [6, 6.07) is 20.0. The van der Waals surface area contributed by atoms with Gasteiger partial charge in [-0.15, -0.1) is 0 Å². The number of ether oxygens (including phenoxy) is 2. The van der Waals surface area contributed by atoms with Gasteiger partial charge in [0.15, 0.2) is 0 Å². The molecule has 0 spiro atoms. The molecule has 3 aromatic carbocycles. The molecular formula is C29H29NO4. The van der Waals surface area contributed by atoms with Crippen LogP contribution in [0.2, 0.25) is 0 Å². The van der Waals surface area contributed by atoms with Gasteiger partial charge in [-0.2, -0.15) is 0 Å². The lowest BCUT2D eigenvalue weighted by Crippen LogP contribution is -2.23. The van der Waals surface area contributed by atoms with Crippen LogP contribution < -0.4 is 14.8 Å². The van der Waals surface area contributed by atoms with Crippen LogP contribution in [0.1, 0.15) is 23.6 Å². The molecule has 5 heteroatoms. The van der Waals surface area contributed by atoms with Gasteiger partial charge in [-0.05, 0) is 55.2 Å². The molecule has 0 radical (unpaired) electrons. The van der Waals surface area contributed by atoms with Gasteiger partial charge in [-0.1, -0.05) is 42.5 Å². The molecule has 0 saturated carbocycles. The quantitative estimate of drug-likeness (QED) is 0.322. The minimum atomic E-state index is -0.143. The topological polar surface area (TPSA) is 60.7 Å². The van der Waals surface area contributed by atoms with E-state index < -0.39 is 0 Å². The molecule has 0 atom stereocenters. The highest BCUT2D eigenvalue weighted by Crippen LogP contribution is 2.40. The molecule has 0 bridgehead atoms. The Kier molecular flexibility index (Phi) is 7.02. The Morgan fingerprint density at radius 1 is 1.03 bits per heavy atom. The summed E-state index contributed by atoms with van der Waals surface area (Å²) in [5.74, 6) is 1.38. The van der Waals surface area contributed by atoms with Gasteiger partial charge in [-0.25, -0.2) is 0 Å². The number of hydrogen-bond donors (Lipinski definition) is 1. The molecular weight excluding hydrogens is 426 g/mol. The molecule has 4 aromatic rings. The molecule has 0 aliphatic rings. The van der Waals surface area contributed by atoms with Crippen molar-refractivity contribution in [1.82, 2.24) is 5.32 Å². The van der Waals surface area contributed by atoms with Crippen LogP contribution in [0.4, 0.5) is 0 Å². The zero-order valence-electron chi connectivity index (χ0n) is 20.0. The van der Waals surface area contributed by atoms with Crippen molar-refractivity contribution in [3.8, 4) is 22.6 Å². The number of fused-ring (bicyclic) bond motifs is 1.